The zero-order chi connectivity index (χ0) is 10.6. The molecule has 1 rings (SSSR count). The van der Waals surface area contributed by atoms with E-state index < -0.39 is 0 Å². The summed E-state index contributed by atoms with van der Waals surface area (Å²) in [6, 6.07) is 1.81. The molecule has 0 spiro atoms. The largest absolute Gasteiger partial charge is 0.301 e. The molecule has 0 aliphatic carbocycles. The number of hydrogen-bond donors (Lipinski definition) is 2. The molecule has 4 heteroatoms. The first kappa shape index (κ1) is 10.3. The van der Waals surface area contributed by atoms with Gasteiger partial charge in [0, 0.05) is 11.8 Å². The van der Waals surface area contributed by atoms with E-state index in [2.05, 4.69) is 27.4 Å². The van der Waals surface area contributed by atoms with Gasteiger partial charge in [-0.3, -0.25) is 15.2 Å². The van der Waals surface area contributed by atoms with Gasteiger partial charge in [0.2, 0.25) is 0 Å². The summed E-state index contributed by atoms with van der Waals surface area (Å²) in [4.78, 5) is 11.1. The number of amides is 1. The van der Waals surface area contributed by atoms with E-state index in [1.165, 1.54) is 0 Å². The molecule has 0 bridgehead atoms. The molecule has 0 aliphatic rings. The summed E-state index contributed by atoms with van der Waals surface area (Å²) in [6.45, 7) is 5.71. The van der Waals surface area contributed by atoms with Gasteiger partial charge in [0.05, 0.1) is 0 Å². The minimum Gasteiger partial charge on any atom is -0.298 e. The fourth-order valence-electron chi connectivity index (χ4n) is 0.958. The Kier molecular flexibility index (Phi) is 3.29. The number of carbonyl (C=O) groups excluding carboxylic acids is 1. The molecular formula is C10H13N3O. The lowest BCUT2D eigenvalue weighted by atomic mass is 10.1. The number of nitrogens with zero attached hydrogens (tertiary/aromatic N) is 1. The van der Waals surface area contributed by atoms with Crippen molar-refractivity contribution >= 4 is 11.7 Å². The molecule has 0 saturated carbocycles. The van der Waals surface area contributed by atoms with E-state index in [4.69, 9.17) is 0 Å². The maximum atomic E-state index is 11.1. The standard InChI is InChI=1S/C10H13N3O/c1-4-5-10(14)11-9-6-8(7(2)3)12-13-9/h6-7H,1-3H3,(H2,11,12,13,14). The van der Waals surface area contributed by atoms with Crippen LogP contribution in [0.2, 0.25) is 0 Å². The molecule has 1 amide bonds. The van der Waals surface area contributed by atoms with Crippen LogP contribution in [-0.2, 0) is 4.79 Å². The highest BCUT2D eigenvalue weighted by Crippen LogP contribution is 2.14. The Morgan fingerprint density at radius 1 is 1.64 bits per heavy atom. The van der Waals surface area contributed by atoms with Crippen molar-refractivity contribution in [2.75, 3.05) is 5.32 Å². The van der Waals surface area contributed by atoms with Crippen LogP contribution in [0.15, 0.2) is 6.07 Å². The summed E-state index contributed by atoms with van der Waals surface area (Å²) in [5.74, 6) is 5.44. The van der Waals surface area contributed by atoms with Crippen LogP contribution in [0, 0.1) is 11.8 Å². The molecule has 0 aromatic carbocycles. The number of carbonyl (C=O) groups is 1. The van der Waals surface area contributed by atoms with E-state index in [1.54, 1.807) is 13.0 Å². The van der Waals surface area contributed by atoms with Crippen molar-refractivity contribution in [3.05, 3.63) is 11.8 Å². The molecule has 4 nitrogen and oxygen atoms in total. The average molecular weight is 191 g/mol. The van der Waals surface area contributed by atoms with Gasteiger partial charge >= 0.3 is 5.91 Å². The summed E-state index contributed by atoms with van der Waals surface area (Å²) in [5.41, 5.74) is 0.991. The van der Waals surface area contributed by atoms with Gasteiger partial charge in [-0.2, -0.15) is 5.10 Å². The first-order chi connectivity index (χ1) is 6.63. The van der Waals surface area contributed by atoms with Gasteiger partial charge in [0.15, 0.2) is 5.82 Å². The third-order valence-corrected chi connectivity index (χ3v) is 1.70. The van der Waals surface area contributed by atoms with E-state index in [9.17, 15) is 4.79 Å². The molecule has 0 saturated heterocycles. The predicted octanol–water partition coefficient (Wildman–Crippen LogP) is 1.49. The highest BCUT2D eigenvalue weighted by atomic mass is 16.1. The number of hydrogen-bond acceptors (Lipinski definition) is 2. The predicted molar refractivity (Wildman–Crippen MR) is 54.8 cm³/mol. The Balaban J connectivity index is 2.67. The van der Waals surface area contributed by atoms with Crippen molar-refractivity contribution in [2.24, 2.45) is 0 Å². The van der Waals surface area contributed by atoms with Crippen molar-refractivity contribution in [1.29, 1.82) is 0 Å². The zero-order valence-corrected chi connectivity index (χ0v) is 8.51. The van der Waals surface area contributed by atoms with Gasteiger partial charge in [-0.1, -0.05) is 19.8 Å². The highest BCUT2D eigenvalue weighted by molar-refractivity contribution is 6.03. The molecule has 0 fully saturated rings. The quantitative estimate of drug-likeness (QED) is 0.696. The fourth-order valence-corrected chi connectivity index (χ4v) is 0.958. The Morgan fingerprint density at radius 2 is 2.36 bits per heavy atom. The second kappa shape index (κ2) is 4.47. The average Bonchev–Trinajstić information content (AvgIpc) is 2.53. The normalized spacial score (nSPS) is 9.43. The maximum Gasteiger partial charge on any atom is 0.301 e. The van der Waals surface area contributed by atoms with Gasteiger partial charge in [-0.05, 0) is 18.8 Å². The van der Waals surface area contributed by atoms with Crippen LogP contribution in [0.25, 0.3) is 0 Å². The second-order valence-electron chi connectivity index (χ2n) is 3.19. The van der Waals surface area contributed by atoms with E-state index in [1.807, 2.05) is 13.8 Å². The van der Waals surface area contributed by atoms with Gasteiger partial charge in [0.1, 0.15) is 0 Å². The third-order valence-electron chi connectivity index (χ3n) is 1.70. The molecule has 1 aromatic heterocycles. The minimum absolute atomic E-state index is 0.339. The van der Waals surface area contributed by atoms with Crippen LogP contribution < -0.4 is 5.32 Å². The van der Waals surface area contributed by atoms with Gasteiger partial charge in [-0.25, -0.2) is 0 Å². The van der Waals surface area contributed by atoms with Crippen LogP contribution in [0.5, 0.6) is 0 Å². The summed E-state index contributed by atoms with van der Waals surface area (Å²) in [5, 5.41) is 9.34. The number of aromatic amines is 1. The van der Waals surface area contributed by atoms with Gasteiger partial charge in [0.25, 0.3) is 0 Å². The van der Waals surface area contributed by atoms with Crippen molar-refractivity contribution in [3.63, 3.8) is 0 Å². The third kappa shape index (κ3) is 2.63. The van der Waals surface area contributed by atoms with Crippen LogP contribution >= 0.6 is 0 Å². The molecule has 14 heavy (non-hydrogen) atoms. The van der Waals surface area contributed by atoms with E-state index >= 15 is 0 Å². The molecular weight excluding hydrogens is 178 g/mol. The number of H-pyrrole nitrogens is 1. The van der Waals surface area contributed by atoms with Crippen molar-refractivity contribution in [3.8, 4) is 11.8 Å². The van der Waals surface area contributed by atoms with E-state index in [-0.39, 0.29) is 5.91 Å². The first-order valence-corrected chi connectivity index (χ1v) is 4.42. The number of anilines is 1. The monoisotopic (exact) mass is 191 g/mol. The Morgan fingerprint density at radius 3 is 2.86 bits per heavy atom. The Bertz CT molecular complexity index is 382. The van der Waals surface area contributed by atoms with Crippen molar-refractivity contribution in [2.45, 2.75) is 26.7 Å². The lowest BCUT2D eigenvalue weighted by Gasteiger charge is -1.96. The fraction of sp³-hybridized carbons (Fsp3) is 0.400. The molecule has 0 aliphatic heterocycles. The molecule has 0 unspecified atom stereocenters. The SMILES string of the molecule is CC#CC(=O)Nc1cc(C(C)C)[nH]n1. The zero-order valence-electron chi connectivity index (χ0n) is 8.51. The summed E-state index contributed by atoms with van der Waals surface area (Å²) >= 11 is 0. The molecule has 1 aromatic rings. The first-order valence-electron chi connectivity index (χ1n) is 4.42. The van der Waals surface area contributed by atoms with Crippen molar-refractivity contribution < 1.29 is 4.79 Å². The molecule has 0 radical (unpaired) electrons. The maximum absolute atomic E-state index is 11.1. The molecule has 1 heterocycles. The highest BCUT2D eigenvalue weighted by Gasteiger charge is 2.05. The Hall–Kier alpha value is -1.76. The second-order valence-corrected chi connectivity index (χ2v) is 3.19. The molecule has 2 N–H and O–H groups in total. The Labute approximate surface area is 83.1 Å². The number of aromatic nitrogens is 2. The van der Waals surface area contributed by atoms with Crippen LogP contribution in [0.4, 0.5) is 5.82 Å². The minimum atomic E-state index is -0.339. The van der Waals surface area contributed by atoms with E-state index in [0.29, 0.717) is 11.7 Å². The smallest absolute Gasteiger partial charge is 0.298 e. The summed E-state index contributed by atoms with van der Waals surface area (Å²) in [6.07, 6.45) is 0. The summed E-state index contributed by atoms with van der Waals surface area (Å²) in [7, 11) is 0. The van der Waals surface area contributed by atoms with Crippen LogP contribution in [0.3, 0.4) is 0 Å². The molecule has 0 atom stereocenters. The summed E-state index contributed by atoms with van der Waals surface area (Å²) < 4.78 is 0. The molecule has 74 valence electrons. The van der Waals surface area contributed by atoms with Crippen LogP contribution in [-0.4, -0.2) is 16.1 Å². The van der Waals surface area contributed by atoms with Gasteiger partial charge in [-0.15, -0.1) is 0 Å². The van der Waals surface area contributed by atoms with Crippen LogP contribution in [0.1, 0.15) is 32.4 Å². The lowest BCUT2D eigenvalue weighted by Crippen LogP contribution is -2.08. The number of nitrogens with one attached hydrogen (secondary N) is 2. The van der Waals surface area contributed by atoms with E-state index in [0.717, 1.165) is 5.69 Å². The number of rotatable bonds is 2. The van der Waals surface area contributed by atoms with Crippen molar-refractivity contribution in [1.82, 2.24) is 10.2 Å². The van der Waals surface area contributed by atoms with Gasteiger partial charge < -0.3 is 0 Å². The lowest BCUT2D eigenvalue weighted by molar-refractivity contribution is -0.111. The topological polar surface area (TPSA) is 57.8 Å².